The topological polar surface area (TPSA) is 9.23 Å². The Balaban J connectivity index is 3.21. The standard InChI is InChI=1S/C8H17ClO/c1-7(9)10-6-5-8(2,3)4/h7H,5-6H2,1-4H3. The molecule has 0 N–H and O–H groups in total. The summed E-state index contributed by atoms with van der Waals surface area (Å²) >= 11 is 5.58. The molecule has 0 saturated heterocycles. The lowest BCUT2D eigenvalue weighted by atomic mass is 9.93. The molecule has 0 heterocycles. The normalized spacial score (nSPS) is 15.3. The van der Waals surface area contributed by atoms with E-state index in [-0.39, 0.29) is 5.56 Å². The van der Waals surface area contributed by atoms with Gasteiger partial charge in [-0.3, -0.25) is 0 Å². The average molecular weight is 165 g/mol. The molecule has 0 aromatic rings. The van der Waals surface area contributed by atoms with Crippen LogP contribution < -0.4 is 0 Å². The van der Waals surface area contributed by atoms with E-state index >= 15 is 0 Å². The first kappa shape index (κ1) is 10.2. The van der Waals surface area contributed by atoms with E-state index in [1.165, 1.54) is 0 Å². The SMILES string of the molecule is CC(Cl)OCCC(C)(C)C. The number of ether oxygens (including phenoxy) is 1. The number of rotatable bonds is 3. The number of hydrogen-bond donors (Lipinski definition) is 0. The number of alkyl halides is 1. The molecule has 1 nitrogen and oxygen atoms in total. The lowest BCUT2D eigenvalue weighted by molar-refractivity contribution is 0.0951. The van der Waals surface area contributed by atoms with Crippen molar-refractivity contribution in [1.82, 2.24) is 0 Å². The van der Waals surface area contributed by atoms with Gasteiger partial charge in [0, 0.05) is 6.61 Å². The van der Waals surface area contributed by atoms with Crippen LogP contribution >= 0.6 is 11.6 Å². The second-order valence-electron chi connectivity index (χ2n) is 3.72. The van der Waals surface area contributed by atoms with Crippen LogP contribution in [0.2, 0.25) is 0 Å². The van der Waals surface area contributed by atoms with E-state index in [1.54, 1.807) is 0 Å². The molecule has 10 heavy (non-hydrogen) atoms. The lowest BCUT2D eigenvalue weighted by Gasteiger charge is -2.18. The summed E-state index contributed by atoms with van der Waals surface area (Å²) in [4.78, 5) is 0. The van der Waals surface area contributed by atoms with Gasteiger partial charge in [0.05, 0.1) is 0 Å². The van der Waals surface area contributed by atoms with Crippen molar-refractivity contribution in [2.75, 3.05) is 6.61 Å². The Bertz CT molecular complexity index is 83.7. The smallest absolute Gasteiger partial charge is 0.128 e. The maximum atomic E-state index is 5.58. The first-order valence-electron chi connectivity index (χ1n) is 3.67. The third-order valence-corrected chi connectivity index (χ3v) is 1.33. The molecule has 0 amide bonds. The van der Waals surface area contributed by atoms with Crippen molar-refractivity contribution >= 4 is 11.6 Å². The summed E-state index contributed by atoms with van der Waals surface area (Å²) in [5.74, 6) is 0. The van der Waals surface area contributed by atoms with Gasteiger partial charge in [0.2, 0.25) is 0 Å². The number of hydrogen-bond acceptors (Lipinski definition) is 1. The van der Waals surface area contributed by atoms with Gasteiger partial charge >= 0.3 is 0 Å². The highest BCUT2D eigenvalue weighted by molar-refractivity contribution is 6.19. The van der Waals surface area contributed by atoms with Crippen LogP contribution in [-0.4, -0.2) is 12.2 Å². The fourth-order valence-electron chi connectivity index (χ4n) is 0.528. The largest absolute Gasteiger partial charge is 0.363 e. The van der Waals surface area contributed by atoms with Gasteiger partial charge < -0.3 is 4.74 Å². The minimum Gasteiger partial charge on any atom is -0.363 e. The summed E-state index contributed by atoms with van der Waals surface area (Å²) in [6, 6.07) is 0. The molecule has 0 aliphatic heterocycles. The highest BCUT2D eigenvalue weighted by Crippen LogP contribution is 2.18. The lowest BCUT2D eigenvalue weighted by Crippen LogP contribution is -2.11. The van der Waals surface area contributed by atoms with Crippen molar-refractivity contribution < 1.29 is 4.74 Å². The Hall–Kier alpha value is 0.250. The van der Waals surface area contributed by atoms with E-state index in [9.17, 15) is 0 Å². The highest BCUT2D eigenvalue weighted by atomic mass is 35.5. The van der Waals surface area contributed by atoms with E-state index in [4.69, 9.17) is 16.3 Å². The Labute approximate surface area is 68.7 Å². The Morgan fingerprint density at radius 3 is 2.20 bits per heavy atom. The van der Waals surface area contributed by atoms with Crippen molar-refractivity contribution in [3.8, 4) is 0 Å². The molecule has 0 rings (SSSR count). The Morgan fingerprint density at radius 1 is 1.40 bits per heavy atom. The van der Waals surface area contributed by atoms with Gasteiger partial charge in [0.1, 0.15) is 5.56 Å². The van der Waals surface area contributed by atoms with Crippen molar-refractivity contribution in [3.05, 3.63) is 0 Å². The maximum absolute atomic E-state index is 5.58. The van der Waals surface area contributed by atoms with Gasteiger partial charge in [0.25, 0.3) is 0 Å². The van der Waals surface area contributed by atoms with E-state index in [0.29, 0.717) is 5.41 Å². The molecule has 0 fully saturated rings. The van der Waals surface area contributed by atoms with Gasteiger partial charge in [-0.05, 0) is 18.8 Å². The second-order valence-corrected chi connectivity index (χ2v) is 4.34. The predicted octanol–water partition coefficient (Wildman–Crippen LogP) is 3.02. The molecule has 2 heteroatoms. The first-order valence-corrected chi connectivity index (χ1v) is 4.11. The molecule has 0 saturated carbocycles. The molecule has 0 radical (unpaired) electrons. The summed E-state index contributed by atoms with van der Waals surface area (Å²) in [7, 11) is 0. The monoisotopic (exact) mass is 164 g/mol. The van der Waals surface area contributed by atoms with Crippen molar-refractivity contribution in [2.45, 2.75) is 39.7 Å². The molecule has 62 valence electrons. The summed E-state index contributed by atoms with van der Waals surface area (Å²) in [5.41, 5.74) is 0.202. The molecule has 0 aliphatic carbocycles. The molecule has 0 aromatic carbocycles. The molecule has 1 unspecified atom stereocenters. The van der Waals surface area contributed by atoms with Crippen LogP contribution in [0.1, 0.15) is 34.1 Å². The summed E-state index contributed by atoms with van der Waals surface area (Å²) < 4.78 is 5.18. The van der Waals surface area contributed by atoms with Crippen LogP contribution in [0.3, 0.4) is 0 Å². The van der Waals surface area contributed by atoms with Gasteiger partial charge in [-0.2, -0.15) is 0 Å². The van der Waals surface area contributed by atoms with E-state index in [2.05, 4.69) is 20.8 Å². The molecule has 1 atom stereocenters. The molecule has 0 spiro atoms. The van der Waals surface area contributed by atoms with Crippen LogP contribution in [0.4, 0.5) is 0 Å². The molecule has 0 aliphatic rings. The third kappa shape index (κ3) is 8.25. The van der Waals surface area contributed by atoms with Crippen LogP contribution in [0, 0.1) is 5.41 Å². The average Bonchev–Trinajstić information content (AvgIpc) is 1.59. The minimum atomic E-state index is -0.151. The second kappa shape index (κ2) is 4.20. The van der Waals surface area contributed by atoms with Crippen molar-refractivity contribution in [2.24, 2.45) is 5.41 Å². The maximum Gasteiger partial charge on any atom is 0.128 e. The van der Waals surface area contributed by atoms with Crippen molar-refractivity contribution in [3.63, 3.8) is 0 Å². The van der Waals surface area contributed by atoms with Crippen LogP contribution in [0.15, 0.2) is 0 Å². The fraction of sp³-hybridized carbons (Fsp3) is 1.00. The zero-order chi connectivity index (χ0) is 8.20. The van der Waals surface area contributed by atoms with E-state index < -0.39 is 0 Å². The van der Waals surface area contributed by atoms with Crippen LogP contribution in [-0.2, 0) is 4.74 Å². The summed E-state index contributed by atoms with van der Waals surface area (Å²) in [5, 5.41) is 0. The van der Waals surface area contributed by atoms with Crippen molar-refractivity contribution in [1.29, 1.82) is 0 Å². The van der Waals surface area contributed by atoms with Gasteiger partial charge in [-0.25, -0.2) is 0 Å². The van der Waals surface area contributed by atoms with Gasteiger partial charge in [-0.1, -0.05) is 32.4 Å². The molecular formula is C8H17ClO. The van der Waals surface area contributed by atoms with Crippen LogP contribution in [0.5, 0.6) is 0 Å². The van der Waals surface area contributed by atoms with Crippen LogP contribution in [0.25, 0.3) is 0 Å². The molecule has 0 bridgehead atoms. The Morgan fingerprint density at radius 2 is 1.90 bits per heavy atom. The zero-order valence-electron chi connectivity index (χ0n) is 7.28. The molecular weight excluding hydrogens is 148 g/mol. The van der Waals surface area contributed by atoms with Gasteiger partial charge in [-0.15, -0.1) is 0 Å². The summed E-state index contributed by atoms with van der Waals surface area (Å²) in [6.07, 6.45) is 1.06. The fourth-order valence-corrected chi connectivity index (χ4v) is 0.617. The number of halogens is 1. The predicted molar refractivity (Wildman–Crippen MR) is 45.3 cm³/mol. The Kier molecular flexibility index (Phi) is 4.30. The zero-order valence-corrected chi connectivity index (χ0v) is 8.03. The third-order valence-electron chi connectivity index (χ3n) is 1.20. The highest BCUT2D eigenvalue weighted by Gasteiger charge is 2.09. The van der Waals surface area contributed by atoms with E-state index in [1.807, 2.05) is 6.92 Å². The minimum absolute atomic E-state index is 0.151. The summed E-state index contributed by atoms with van der Waals surface area (Å²) in [6.45, 7) is 9.16. The molecule has 0 aromatic heterocycles. The van der Waals surface area contributed by atoms with Gasteiger partial charge in [0.15, 0.2) is 0 Å². The first-order chi connectivity index (χ1) is 4.42. The van der Waals surface area contributed by atoms with E-state index in [0.717, 1.165) is 13.0 Å². The quantitative estimate of drug-likeness (QED) is 0.583.